The molecule has 1 unspecified atom stereocenters. The number of sulfonamides is 1. The first-order valence-electron chi connectivity index (χ1n) is 6.23. The molecule has 0 aliphatic rings. The summed E-state index contributed by atoms with van der Waals surface area (Å²) in [5.41, 5.74) is 0.898. The minimum atomic E-state index is -3.41. The van der Waals surface area contributed by atoms with Crippen LogP contribution < -0.4 is 10.0 Å². The fraction of sp³-hybridized carbons (Fsp3) is 0.636. The summed E-state index contributed by atoms with van der Waals surface area (Å²) in [5, 5.41) is 9.23. The molecule has 0 bridgehead atoms. The second-order valence-electron chi connectivity index (χ2n) is 4.28. The van der Waals surface area contributed by atoms with E-state index in [2.05, 4.69) is 20.2 Å². The van der Waals surface area contributed by atoms with Gasteiger partial charge < -0.3 is 5.32 Å². The summed E-state index contributed by atoms with van der Waals surface area (Å²) in [6, 6.07) is 0.879. The van der Waals surface area contributed by atoms with Crippen LogP contribution in [0, 0.1) is 0 Å². The highest BCUT2D eigenvalue weighted by Crippen LogP contribution is 2.06. The number of aromatic amines is 1. The molecule has 19 heavy (non-hydrogen) atoms. The van der Waals surface area contributed by atoms with E-state index in [1.165, 1.54) is 6.92 Å². The minimum Gasteiger partial charge on any atom is -0.308 e. The molecule has 7 nitrogen and oxygen atoms in total. The monoisotopic (exact) mass is 288 g/mol. The van der Waals surface area contributed by atoms with Gasteiger partial charge >= 0.3 is 0 Å². The van der Waals surface area contributed by atoms with Crippen molar-refractivity contribution in [3.8, 4) is 0 Å². The third kappa shape index (κ3) is 4.99. The number of aryl methyl sites for hydroxylation is 1. The van der Waals surface area contributed by atoms with Crippen LogP contribution in [0.5, 0.6) is 0 Å². The van der Waals surface area contributed by atoms with Crippen LogP contribution in [0.4, 0.5) is 5.82 Å². The van der Waals surface area contributed by atoms with Crippen molar-refractivity contribution in [2.24, 2.45) is 0 Å². The number of amides is 1. The number of carbonyl (C=O) groups excluding carboxylic acids is 1. The molecule has 3 N–H and O–H groups in total. The van der Waals surface area contributed by atoms with Gasteiger partial charge in [-0.3, -0.25) is 9.89 Å². The van der Waals surface area contributed by atoms with E-state index in [9.17, 15) is 13.2 Å². The summed E-state index contributed by atoms with van der Waals surface area (Å²) in [6.07, 6.45) is 1.28. The number of aromatic nitrogens is 2. The lowest BCUT2D eigenvalue weighted by Gasteiger charge is -2.12. The largest absolute Gasteiger partial charge is 0.308 e. The summed E-state index contributed by atoms with van der Waals surface area (Å²) < 4.78 is 25.4. The molecule has 0 aromatic carbocycles. The average molecular weight is 288 g/mol. The Morgan fingerprint density at radius 1 is 1.47 bits per heavy atom. The van der Waals surface area contributed by atoms with E-state index in [1.807, 2.05) is 6.92 Å². The van der Waals surface area contributed by atoms with E-state index < -0.39 is 22.0 Å². The van der Waals surface area contributed by atoms with Crippen LogP contribution in [0.25, 0.3) is 0 Å². The van der Waals surface area contributed by atoms with Gasteiger partial charge in [-0.2, -0.15) is 5.10 Å². The Hall–Kier alpha value is -1.41. The van der Waals surface area contributed by atoms with Gasteiger partial charge in [0.1, 0.15) is 0 Å². The zero-order valence-electron chi connectivity index (χ0n) is 11.4. The van der Waals surface area contributed by atoms with Gasteiger partial charge in [0.2, 0.25) is 15.9 Å². The molecule has 0 aliphatic heterocycles. The number of H-pyrrole nitrogens is 1. The first kappa shape index (κ1) is 15.6. The quantitative estimate of drug-likeness (QED) is 0.684. The third-order valence-electron chi connectivity index (χ3n) is 2.49. The van der Waals surface area contributed by atoms with E-state index in [4.69, 9.17) is 0 Å². The number of rotatable bonds is 7. The van der Waals surface area contributed by atoms with Gasteiger partial charge in [-0.15, -0.1) is 0 Å². The highest BCUT2D eigenvalue weighted by atomic mass is 32.2. The molecule has 1 atom stereocenters. The molecule has 1 aromatic heterocycles. The van der Waals surface area contributed by atoms with Crippen molar-refractivity contribution in [3.05, 3.63) is 11.8 Å². The molecule has 1 rings (SSSR count). The lowest BCUT2D eigenvalue weighted by molar-refractivity contribution is -0.117. The average Bonchev–Trinajstić information content (AvgIpc) is 2.75. The lowest BCUT2D eigenvalue weighted by atomic mass is 10.3. The first-order chi connectivity index (χ1) is 8.88. The van der Waals surface area contributed by atoms with Crippen LogP contribution in [0.1, 0.15) is 32.9 Å². The third-order valence-corrected chi connectivity index (χ3v) is 4.14. The molecule has 8 heteroatoms. The molecule has 108 valence electrons. The fourth-order valence-electron chi connectivity index (χ4n) is 1.49. The number of nitrogens with one attached hydrogen (secondary N) is 3. The Balaban J connectivity index is 2.58. The summed E-state index contributed by atoms with van der Waals surface area (Å²) in [6.45, 7) is 5.22. The molecule has 0 saturated carbocycles. The zero-order valence-corrected chi connectivity index (χ0v) is 12.2. The van der Waals surface area contributed by atoms with Crippen molar-refractivity contribution in [1.82, 2.24) is 14.9 Å². The van der Waals surface area contributed by atoms with Gasteiger partial charge in [0, 0.05) is 11.8 Å². The van der Waals surface area contributed by atoms with Gasteiger partial charge in [0.05, 0.1) is 11.8 Å². The standard InChI is InChI=1S/C11H20N4O3S/c1-4-6-19(17,18)15-8(3)11(16)12-10-7-9(5-2)13-14-10/h7-8,15H,4-6H2,1-3H3,(H2,12,13,14,16). The number of anilines is 1. The Morgan fingerprint density at radius 2 is 2.16 bits per heavy atom. The van der Waals surface area contributed by atoms with Crippen LogP contribution in [0.2, 0.25) is 0 Å². The molecule has 1 aromatic rings. The smallest absolute Gasteiger partial charge is 0.243 e. The normalized spacial score (nSPS) is 13.2. The Morgan fingerprint density at radius 3 is 2.68 bits per heavy atom. The molecular weight excluding hydrogens is 268 g/mol. The summed E-state index contributed by atoms with van der Waals surface area (Å²) in [4.78, 5) is 11.8. The number of hydrogen-bond acceptors (Lipinski definition) is 4. The van der Waals surface area contributed by atoms with Crippen molar-refractivity contribution in [2.45, 2.75) is 39.7 Å². The molecule has 0 fully saturated rings. The molecule has 1 amide bonds. The van der Waals surface area contributed by atoms with Crippen molar-refractivity contribution in [3.63, 3.8) is 0 Å². The molecule has 0 spiro atoms. The van der Waals surface area contributed by atoms with E-state index in [0.29, 0.717) is 12.2 Å². The fourth-order valence-corrected chi connectivity index (χ4v) is 2.79. The van der Waals surface area contributed by atoms with E-state index in [0.717, 1.165) is 12.1 Å². The van der Waals surface area contributed by atoms with Gasteiger partial charge in [0.15, 0.2) is 5.82 Å². The highest BCUT2D eigenvalue weighted by molar-refractivity contribution is 7.89. The molecule has 0 radical (unpaired) electrons. The maximum absolute atomic E-state index is 11.8. The number of carbonyl (C=O) groups is 1. The topological polar surface area (TPSA) is 104 Å². The summed E-state index contributed by atoms with van der Waals surface area (Å²) in [5.74, 6) is -0.0373. The van der Waals surface area contributed by atoms with Crippen molar-refractivity contribution in [2.75, 3.05) is 11.1 Å². The minimum absolute atomic E-state index is 0.00695. The molecular formula is C11H20N4O3S. The summed E-state index contributed by atoms with van der Waals surface area (Å²) in [7, 11) is -3.41. The van der Waals surface area contributed by atoms with E-state index in [-0.39, 0.29) is 5.75 Å². The van der Waals surface area contributed by atoms with Gasteiger partial charge in [-0.25, -0.2) is 13.1 Å². The van der Waals surface area contributed by atoms with Gasteiger partial charge in [0.25, 0.3) is 0 Å². The second-order valence-corrected chi connectivity index (χ2v) is 6.15. The van der Waals surface area contributed by atoms with E-state index >= 15 is 0 Å². The Kier molecular flexibility index (Phi) is 5.49. The van der Waals surface area contributed by atoms with Gasteiger partial charge in [-0.05, 0) is 19.8 Å². The molecule has 0 saturated heterocycles. The van der Waals surface area contributed by atoms with E-state index in [1.54, 1.807) is 13.0 Å². The van der Waals surface area contributed by atoms with Crippen LogP contribution in [0.15, 0.2) is 6.07 Å². The first-order valence-corrected chi connectivity index (χ1v) is 7.88. The highest BCUT2D eigenvalue weighted by Gasteiger charge is 2.20. The Bertz CT molecular complexity index is 524. The predicted octanol–water partition coefficient (Wildman–Crippen LogP) is 0.628. The van der Waals surface area contributed by atoms with Crippen LogP contribution in [-0.2, 0) is 21.2 Å². The van der Waals surface area contributed by atoms with Crippen molar-refractivity contribution >= 4 is 21.7 Å². The van der Waals surface area contributed by atoms with Crippen molar-refractivity contribution in [1.29, 1.82) is 0 Å². The Labute approximate surface area is 113 Å². The maximum Gasteiger partial charge on any atom is 0.243 e. The predicted molar refractivity (Wildman–Crippen MR) is 73.3 cm³/mol. The summed E-state index contributed by atoms with van der Waals surface area (Å²) >= 11 is 0. The SMILES string of the molecule is CCCS(=O)(=O)NC(C)C(=O)Nc1cc(CC)[nH]n1. The van der Waals surface area contributed by atoms with Crippen LogP contribution >= 0.6 is 0 Å². The van der Waals surface area contributed by atoms with Gasteiger partial charge in [-0.1, -0.05) is 13.8 Å². The zero-order chi connectivity index (χ0) is 14.5. The molecule has 1 heterocycles. The van der Waals surface area contributed by atoms with Crippen LogP contribution in [0.3, 0.4) is 0 Å². The molecule has 0 aliphatic carbocycles. The lowest BCUT2D eigenvalue weighted by Crippen LogP contribution is -2.42. The second kappa shape index (κ2) is 6.67. The van der Waals surface area contributed by atoms with Crippen molar-refractivity contribution < 1.29 is 13.2 Å². The number of nitrogens with zero attached hydrogens (tertiary/aromatic N) is 1. The van der Waals surface area contributed by atoms with Crippen LogP contribution in [-0.4, -0.2) is 36.3 Å². The number of hydrogen-bond donors (Lipinski definition) is 3. The maximum atomic E-state index is 11.8.